The second-order valence-corrected chi connectivity index (χ2v) is 4.29. The molecule has 0 heterocycles. The zero-order valence-electron chi connectivity index (χ0n) is 15.1. The van der Waals surface area contributed by atoms with Gasteiger partial charge in [0, 0.05) is 0 Å². The molecular weight excluding hydrogens is 372 g/mol. The van der Waals surface area contributed by atoms with E-state index in [1.165, 1.54) is 0 Å². The summed E-state index contributed by atoms with van der Waals surface area (Å²) in [6.45, 7) is 2.38. The fraction of sp³-hybridized carbons (Fsp3) is 0.615. The van der Waals surface area contributed by atoms with Gasteiger partial charge in [0.1, 0.15) is 0 Å². The molecule has 27 heavy (non-hydrogen) atoms. The molecule has 0 bridgehead atoms. The van der Waals surface area contributed by atoms with Gasteiger partial charge in [-0.15, -0.1) is 0 Å². The normalized spacial score (nSPS) is 8.96. The van der Waals surface area contributed by atoms with Gasteiger partial charge in [0.15, 0.2) is 5.41 Å². The van der Waals surface area contributed by atoms with Crippen LogP contribution in [0.3, 0.4) is 0 Å². The summed E-state index contributed by atoms with van der Waals surface area (Å²) in [5.74, 6) is -0.349. The number of rotatable bonds is 7. The van der Waals surface area contributed by atoms with Gasteiger partial charge in [-0.25, -0.2) is 4.79 Å². The Morgan fingerprint density at radius 1 is 0.741 bits per heavy atom. The van der Waals surface area contributed by atoms with Crippen LogP contribution in [0.25, 0.3) is 0 Å². The van der Waals surface area contributed by atoms with E-state index in [1.807, 2.05) is 0 Å². The SMILES string of the molecule is CCC(CC)(C(=O)O)C(=O)ON.NCC(=O)O.NCC(=O)O.NCC(=O)O. The highest BCUT2D eigenvalue weighted by molar-refractivity contribution is 5.98. The van der Waals surface area contributed by atoms with Gasteiger partial charge >= 0.3 is 29.8 Å². The number of carboxylic acids is 4. The molecule has 0 unspecified atom stereocenters. The molecule has 0 fully saturated rings. The third kappa shape index (κ3) is 19.4. The van der Waals surface area contributed by atoms with Crippen LogP contribution in [0.2, 0.25) is 0 Å². The van der Waals surface area contributed by atoms with E-state index in [4.69, 9.17) is 20.4 Å². The van der Waals surface area contributed by atoms with Gasteiger partial charge in [-0.3, -0.25) is 19.2 Å². The van der Waals surface area contributed by atoms with E-state index in [9.17, 15) is 24.0 Å². The first kappa shape index (κ1) is 31.9. The summed E-state index contributed by atoms with van der Waals surface area (Å²) in [6.07, 6.45) is 0.351. The molecule has 0 atom stereocenters. The summed E-state index contributed by atoms with van der Waals surface area (Å²) in [5, 5.41) is 31.6. The Labute approximate surface area is 155 Å². The molecule has 0 saturated carbocycles. The molecule has 0 aliphatic rings. The van der Waals surface area contributed by atoms with Crippen LogP contribution in [0.4, 0.5) is 0 Å². The lowest BCUT2D eigenvalue weighted by molar-refractivity contribution is -0.170. The average molecular weight is 400 g/mol. The van der Waals surface area contributed by atoms with Crippen molar-refractivity contribution in [2.45, 2.75) is 26.7 Å². The van der Waals surface area contributed by atoms with E-state index in [0.29, 0.717) is 0 Å². The number of carbonyl (C=O) groups is 5. The molecule has 14 nitrogen and oxygen atoms in total. The summed E-state index contributed by atoms with van der Waals surface area (Å²) >= 11 is 0. The Morgan fingerprint density at radius 3 is 1.00 bits per heavy atom. The van der Waals surface area contributed by atoms with E-state index in [0.717, 1.165) is 0 Å². The zero-order valence-corrected chi connectivity index (χ0v) is 15.1. The molecule has 0 spiro atoms. The lowest BCUT2D eigenvalue weighted by Gasteiger charge is -2.22. The number of aliphatic carboxylic acids is 4. The van der Waals surface area contributed by atoms with Gasteiger partial charge < -0.3 is 42.5 Å². The van der Waals surface area contributed by atoms with Crippen molar-refractivity contribution in [1.82, 2.24) is 0 Å². The molecule has 0 aromatic heterocycles. The van der Waals surface area contributed by atoms with Crippen molar-refractivity contribution in [3.05, 3.63) is 0 Å². The van der Waals surface area contributed by atoms with Crippen molar-refractivity contribution in [2.75, 3.05) is 19.6 Å². The molecule has 12 N–H and O–H groups in total. The topological polar surface area (TPSA) is 280 Å². The van der Waals surface area contributed by atoms with E-state index in [-0.39, 0.29) is 32.5 Å². The van der Waals surface area contributed by atoms with E-state index < -0.39 is 35.3 Å². The molecule has 0 aliphatic heterocycles. The Bertz CT molecular complexity index is 433. The standard InChI is InChI=1S/C7H13NO4.3C2H5NO2/c1-3-7(4-2,5(9)10)6(11)12-8;3*3-1-2(4)5/h3-4,8H2,1-2H3,(H,9,10);3*1,3H2,(H,4,5). The molecule has 0 radical (unpaired) electrons. The van der Waals surface area contributed by atoms with Gasteiger partial charge in [-0.05, 0) is 12.8 Å². The largest absolute Gasteiger partial charge is 0.480 e. The molecule has 0 aromatic rings. The van der Waals surface area contributed by atoms with Crippen molar-refractivity contribution < 1.29 is 49.2 Å². The molecule has 0 aliphatic carbocycles. The Balaban J connectivity index is -0.000000147. The van der Waals surface area contributed by atoms with E-state index in [2.05, 4.69) is 27.9 Å². The van der Waals surface area contributed by atoms with Crippen molar-refractivity contribution in [3.8, 4) is 0 Å². The highest BCUT2D eigenvalue weighted by Gasteiger charge is 2.44. The first-order chi connectivity index (χ1) is 12.4. The van der Waals surface area contributed by atoms with Crippen LogP contribution < -0.4 is 23.1 Å². The minimum absolute atomic E-state index is 0.175. The van der Waals surface area contributed by atoms with Crippen LogP contribution in [0, 0.1) is 5.41 Å². The minimum atomic E-state index is -1.48. The number of hydrogen-bond donors (Lipinski definition) is 8. The zero-order chi connectivity index (χ0) is 22.6. The monoisotopic (exact) mass is 400 g/mol. The number of hydrogen-bond acceptors (Lipinski definition) is 10. The van der Waals surface area contributed by atoms with Gasteiger partial charge in [0.2, 0.25) is 0 Å². The molecule has 160 valence electrons. The fourth-order valence-corrected chi connectivity index (χ4v) is 1.04. The van der Waals surface area contributed by atoms with E-state index >= 15 is 0 Å². The number of carboxylic acid groups (broad SMARTS) is 4. The van der Waals surface area contributed by atoms with Crippen LogP contribution in [-0.2, 0) is 28.8 Å². The molecule has 0 aromatic carbocycles. The fourth-order valence-electron chi connectivity index (χ4n) is 1.04. The quantitative estimate of drug-likeness (QED) is 0.160. The van der Waals surface area contributed by atoms with Crippen LogP contribution in [0.1, 0.15) is 26.7 Å². The first-order valence-corrected chi connectivity index (χ1v) is 7.26. The lowest BCUT2D eigenvalue weighted by Crippen LogP contribution is -2.40. The first-order valence-electron chi connectivity index (χ1n) is 7.26. The smallest absolute Gasteiger partial charge is 0.341 e. The highest BCUT2D eigenvalue weighted by Crippen LogP contribution is 2.27. The van der Waals surface area contributed by atoms with Crippen molar-refractivity contribution >= 4 is 29.8 Å². The van der Waals surface area contributed by atoms with Crippen molar-refractivity contribution in [3.63, 3.8) is 0 Å². The molecular formula is C13H28N4O10. The highest BCUT2D eigenvalue weighted by atomic mass is 16.7. The van der Waals surface area contributed by atoms with Gasteiger partial charge in [-0.1, -0.05) is 13.8 Å². The third-order valence-electron chi connectivity index (χ3n) is 2.64. The maximum atomic E-state index is 11.0. The van der Waals surface area contributed by atoms with Crippen LogP contribution in [0.5, 0.6) is 0 Å². The number of nitrogens with two attached hydrogens (primary N) is 4. The minimum Gasteiger partial charge on any atom is -0.480 e. The van der Waals surface area contributed by atoms with Crippen LogP contribution in [-0.4, -0.2) is 69.9 Å². The van der Waals surface area contributed by atoms with Crippen molar-refractivity contribution in [1.29, 1.82) is 0 Å². The van der Waals surface area contributed by atoms with E-state index in [1.54, 1.807) is 13.8 Å². The maximum absolute atomic E-state index is 11.0. The predicted molar refractivity (Wildman–Crippen MR) is 91.0 cm³/mol. The summed E-state index contributed by atoms with van der Waals surface area (Å²) in [6, 6.07) is 0. The summed E-state index contributed by atoms with van der Waals surface area (Å²) < 4.78 is 0. The molecule has 0 saturated heterocycles. The summed E-state index contributed by atoms with van der Waals surface area (Å²) in [5.41, 5.74) is 12.2. The second kappa shape index (κ2) is 19.5. The van der Waals surface area contributed by atoms with Gasteiger partial charge in [0.25, 0.3) is 0 Å². The lowest BCUT2D eigenvalue weighted by atomic mass is 9.83. The van der Waals surface area contributed by atoms with Crippen LogP contribution in [0.15, 0.2) is 0 Å². The molecule has 14 heteroatoms. The third-order valence-corrected chi connectivity index (χ3v) is 2.64. The van der Waals surface area contributed by atoms with Gasteiger partial charge in [0.05, 0.1) is 19.6 Å². The molecule has 0 rings (SSSR count). The average Bonchev–Trinajstić information content (AvgIpc) is 2.63. The predicted octanol–water partition coefficient (Wildman–Crippen LogP) is -2.62. The Morgan fingerprint density at radius 2 is 0.963 bits per heavy atom. The van der Waals surface area contributed by atoms with Crippen LogP contribution >= 0.6 is 0 Å². The second-order valence-electron chi connectivity index (χ2n) is 4.29. The summed E-state index contributed by atoms with van der Waals surface area (Å²) in [7, 11) is 0. The van der Waals surface area contributed by atoms with Gasteiger partial charge in [-0.2, -0.15) is 5.90 Å². The Hall–Kier alpha value is -2.81. The number of carbonyl (C=O) groups excluding carboxylic acids is 1. The molecule has 0 amide bonds. The summed E-state index contributed by atoms with van der Waals surface area (Å²) in [4.78, 5) is 53.4. The maximum Gasteiger partial charge on any atom is 0.341 e. The Kier molecular flexibility index (Phi) is 23.1. The van der Waals surface area contributed by atoms with Crippen molar-refractivity contribution in [2.24, 2.45) is 28.5 Å².